The molecule has 0 spiro atoms. The van der Waals surface area contributed by atoms with E-state index in [1.54, 1.807) is 0 Å². The molecule has 0 bridgehead atoms. The Morgan fingerprint density at radius 1 is 1.03 bits per heavy atom. The van der Waals surface area contributed by atoms with E-state index >= 15 is 8.78 Å². The van der Waals surface area contributed by atoms with Crippen LogP contribution in [0.2, 0.25) is 5.02 Å². The molecule has 1 unspecified atom stereocenters. The fourth-order valence-electron chi connectivity index (χ4n) is 3.08. The maximum atomic E-state index is 15.1. The summed E-state index contributed by atoms with van der Waals surface area (Å²) in [5.41, 5.74) is -2.98. The van der Waals surface area contributed by atoms with E-state index in [4.69, 9.17) is 16.3 Å². The molecule has 1 aliphatic rings. The zero-order valence-corrected chi connectivity index (χ0v) is 15.4. The van der Waals surface area contributed by atoms with Crippen LogP contribution in [0.4, 0.5) is 17.6 Å². The van der Waals surface area contributed by atoms with Gasteiger partial charge in [-0.15, -0.1) is 0 Å². The Balaban J connectivity index is 1.64. The van der Waals surface area contributed by atoms with Gasteiger partial charge in [0, 0.05) is 34.0 Å². The Kier molecular flexibility index (Phi) is 4.67. The highest BCUT2D eigenvalue weighted by molar-refractivity contribution is 6.30. The van der Waals surface area contributed by atoms with Crippen LogP contribution in [0.25, 0.3) is 0 Å². The van der Waals surface area contributed by atoms with Crippen molar-refractivity contribution in [3.8, 4) is 0 Å². The maximum absolute atomic E-state index is 15.1. The second-order valence-corrected chi connectivity index (χ2v) is 7.02. The second-order valence-electron chi connectivity index (χ2n) is 6.58. The number of aromatic nitrogens is 1. The first-order chi connectivity index (χ1) is 13.7. The quantitative estimate of drug-likeness (QED) is 0.320. The number of ether oxygens (including phenoxy) is 1. The number of halogens is 5. The number of rotatable bonds is 5. The van der Waals surface area contributed by atoms with E-state index in [2.05, 4.69) is 4.98 Å². The standard InChI is InChI=1S/C21H12ClF4NO2/c22-14-4-1-12(2-5-14)19(28)13-3-8-18(27-10-13)21(25,26)20(11-29-20)16-7-6-15(23)9-17(16)24/h1-10H,11H2. The molecule has 29 heavy (non-hydrogen) atoms. The molecule has 1 aliphatic heterocycles. The summed E-state index contributed by atoms with van der Waals surface area (Å²) in [6.45, 7) is -0.449. The predicted molar refractivity (Wildman–Crippen MR) is 97.0 cm³/mol. The van der Waals surface area contributed by atoms with Gasteiger partial charge in [-0.05, 0) is 48.5 Å². The van der Waals surface area contributed by atoms with Crippen LogP contribution in [0.3, 0.4) is 0 Å². The van der Waals surface area contributed by atoms with Gasteiger partial charge in [-0.1, -0.05) is 11.6 Å². The highest BCUT2D eigenvalue weighted by Crippen LogP contribution is 2.56. The molecular formula is C21H12ClF4NO2. The molecule has 4 rings (SSSR count). The number of benzene rings is 2. The molecule has 8 heteroatoms. The molecule has 0 amide bonds. The van der Waals surface area contributed by atoms with Crippen molar-refractivity contribution in [2.24, 2.45) is 0 Å². The smallest absolute Gasteiger partial charge is 0.324 e. The van der Waals surface area contributed by atoms with Gasteiger partial charge in [0.2, 0.25) is 0 Å². The van der Waals surface area contributed by atoms with E-state index in [-0.39, 0.29) is 5.56 Å². The molecule has 0 N–H and O–H groups in total. The van der Waals surface area contributed by atoms with Crippen LogP contribution in [0, 0.1) is 11.6 Å². The van der Waals surface area contributed by atoms with Crippen LogP contribution in [0.1, 0.15) is 27.2 Å². The number of nitrogens with zero attached hydrogens (tertiary/aromatic N) is 1. The van der Waals surface area contributed by atoms with Crippen molar-refractivity contribution in [3.05, 3.63) is 99.8 Å². The maximum Gasteiger partial charge on any atom is 0.324 e. The lowest BCUT2D eigenvalue weighted by Gasteiger charge is -2.24. The van der Waals surface area contributed by atoms with E-state index in [1.165, 1.54) is 30.3 Å². The summed E-state index contributed by atoms with van der Waals surface area (Å²) in [4.78, 5) is 16.2. The number of carbonyl (C=O) groups excluding carboxylic acids is 1. The average molecular weight is 422 g/mol. The first kappa shape index (κ1) is 19.5. The molecule has 1 aromatic heterocycles. The van der Waals surface area contributed by atoms with E-state index in [0.29, 0.717) is 16.7 Å². The van der Waals surface area contributed by atoms with Crippen molar-refractivity contribution in [2.45, 2.75) is 11.5 Å². The lowest BCUT2D eigenvalue weighted by atomic mass is 9.90. The highest BCUT2D eigenvalue weighted by Gasteiger charge is 2.68. The number of carbonyl (C=O) groups is 1. The van der Waals surface area contributed by atoms with Crippen molar-refractivity contribution in [1.29, 1.82) is 0 Å². The molecule has 0 aliphatic carbocycles. The molecule has 3 aromatic rings. The van der Waals surface area contributed by atoms with Gasteiger partial charge in [0.05, 0.1) is 6.61 Å². The minimum absolute atomic E-state index is 0.102. The van der Waals surface area contributed by atoms with Crippen molar-refractivity contribution in [1.82, 2.24) is 4.98 Å². The fraction of sp³-hybridized carbons (Fsp3) is 0.143. The van der Waals surface area contributed by atoms with Gasteiger partial charge in [-0.2, -0.15) is 8.78 Å². The fourth-order valence-corrected chi connectivity index (χ4v) is 3.21. The van der Waals surface area contributed by atoms with E-state index in [9.17, 15) is 13.6 Å². The van der Waals surface area contributed by atoms with Gasteiger partial charge in [-0.3, -0.25) is 9.78 Å². The Bertz CT molecular complexity index is 1080. The zero-order valence-electron chi connectivity index (χ0n) is 14.6. The summed E-state index contributed by atoms with van der Waals surface area (Å²) >= 11 is 5.79. The molecule has 2 aromatic carbocycles. The van der Waals surface area contributed by atoms with E-state index in [0.717, 1.165) is 24.4 Å². The Morgan fingerprint density at radius 2 is 1.69 bits per heavy atom. The third-order valence-corrected chi connectivity index (χ3v) is 5.01. The van der Waals surface area contributed by atoms with Crippen molar-refractivity contribution in [2.75, 3.05) is 6.61 Å². The minimum Gasteiger partial charge on any atom is -0.357 e. The molecule has 0 radical (unpaired) electrons. The van der Waals surface area contributed by atoms with Gasteiger partial charge in [0.15, 0.2) is 11.4 Å². The van der Waals surface area contributed by atoms with Crippen LogP contribution in [0.15, 0.2) is 60.8 Å². The molecule has 3 nitrogen and oxygen atoms in total. The molecule has 1 fully saturated rings. The monoisotopic (exact) mass is 421 g/mol. The normalized spacial score (nSPS) is 18.5. The summed E-state index contributed by atoms with van der Waals surface area (Å²) in [7, 11) is 0. The van der Waals surface area contributed by atoms with Gasteiger partial charge < -0.3 is 4.74 Å². The Morgan fingerprint density at radius 3 is 2.24 bits per heavy atom. The largest absolute Gasteiger partial charge is 0.357 e. The summed E-state index contributed by atoms with van der Waals surface area (Å²) in [6, 6.07) is 10.7. The first-order valence-electron chi connectivity index (χ1n) is 8.49. The van der Waals surface area contributed by atoms with Crippen LogP contribution >= 0.6 is 11.6 Å². The van der Waals surface area contributed by atoms with Gasteiger partial charge in [0.25, 0.3) is 0 Å². The zero-order chi connectivity index (χ0) is 20.8. The van der Waals surface area contributed by atoms with Crippen LogP contribution in [-0.2, 0) is 16.3 Å². The summed E-state index contributed by atoms with van der Waals surface area (Å²) in [5, 5.41) is 0.456. The third-order valence-electron chi connectivity index (χ3n) is 4.76. The first-order valence-corrected chi connectivity index (χ1v) is 8.86. The predicted octanol–water partition coefficient (Wildman–Crippen LogP) is 5.26. The SMILES string of the molecule is O=C(c1ccc(Cl)cc1)c1ccc(C(F)(F)C2(c3ccc(F)cc3F)CO2)nc1. The number of alkyl halides is 2. The van der Waals surface area contributed by atoms with Gasteiger partial charge >= 0.3 is 5.92 Å². The number of ketones is 1. The average Bonchev–Trinajstić information content (AvgIpc) is 3.50. The van der Waals surface area contributed by atoms with Crippen LogP contribution in [0.5, 0.6) is 0 Å². The van der Waals surface area contributed by atoms with Crippen molar-refractivity contribution < 1.29 is 27.1 Å². The molecule has 2 heterocycles. The van der Waals surface area contributed by atoms with Crippen molar-refractivity contribution >= 4 is 17.4 Å². The van der Waals surface area contributed by atoms with Crippen LogP contribution in [-0.4, -0.2) is 17.4 Å². The second kappa shape index (κ2) is 6.93. The minimum atomic E-state index is -3.70. The van der Waals surface area contributed by atoms with Gasteiger partial charge in [-0.25, -0.2) is 8.78 Å². The Hall–Kier alpha value is -2.77. The molecule has 1 atom stereocenters. The topological polar surface area (TPSA) is 42.5 Å². The number of pyridine rings is 1. The lowest BCUT2D eigenvalue weighted by Crippen LogP contribution is -2.34. The number of epoxide rings is 1. The number of hydrogen-bond donors (Lipinski definition) is 0. The van der Waals surface area contributed by atoms with E-state index < -0.39 is 46.8 Å². The molecule has 1 saturated heterocycles. The number of hydrogen-bond acceptors (Lipinski definition) is 3. The Labute approximate surface area is 167 Å². The van der Waals surface area contributed by atoms with Crippen molar-refractivity contribution in [3.63, 3.8) is 0 Å². The highest BCUT2D eigenvalue weighted by atomic mass is 35.5. The third kappa shape index (κ3) is 3.30. The molecular weight excluding hydrogens is 410 g/mol. The summed E-state index contributed by atoms with van der Waals surface area (Å²) in [6.07, 6.45) is 1.03. The lowest BCUT2D eigenvalue weighted by molar-refractivity contribution is -0.0901. The molecule has 0 saturated carbocycles. The summed E-state index contributed by atoms with van der Waals surface area (Å²) < 4.78 is 62.4. The summed E-state index contributed by atoms with van der Waals surface area (Å²) in [5.74, 6) is -6.12. The van der Waals surface area contributed by atoms with Gasteiger partial charge in [0.1, 0.15) is 17.3 Å². The van der Waals surface area contributed by atoms with Crippen LogP contribution < -0.4 is 0 Å². The molecule has 148 valence electrons. The van der Waals surface area contributed by atoms with E-state index in [1.807, 2.05) is 0 Å².